The maximum Gasteiger partial charge on any atom is 0.355 e. The Labute approximate surface area is 157 Å². The Balaban J connectivity index is 1.75. The van der Waals surface area contributed by atoms with Crippen LogP contribution in [0.3, 0.4) is 0 Å². The molecule has 1 atom stereocenters. The van der Waals surface area contributed by atoms with Gasteiger partial charge >= 0.3 is 12.0 Å². The standard InChI is InChI=1S/C17H26N4O4S/c1-11(2)7-19-17(25)21-5-3-4-12(9-21)6-14(22)18-8-15-20-13(10-26-15)16(23)24/h10-12H,3-9H2,1-2H3,(H,18,22)(H,19,25)(H,23,24). The molecule has 2 rings (SSSR count). The third-order valence-corrected chi connectivity index (χ3v) is 5.00. The number of aromatic carboxylic acids is 1. The van der Waals surface area contributed by atoms with E-state index in [-0.39, 0.29) is 30.1 Å². The number of amides is 3. The van der Waals surface area contributed by atoms with E-state index in [1.807, 2.05) is 13.8 Å². The van der Waals surface area contributed by atoms with Crippen molar-refractivity contribution in [2.75, 3.05) is 19.6 Å². The zero-order valence-corrected chi connectivity index (χ0v) is 16.0. The first-order valence-corrected chi connectivity index (χ1v) is 9.70. The van der Waals surface area contributed by atoms with E-state index < -0.39 is 5.97 Å². The normalized spacial score (nSPS) is 17.2. The van der Waals surface area contributed by atoms with Crippen molar-refractivity contribution >= 4 is 29.2 Å². The Bertz CT molecular complexity index is 646. The molecule has 0 saturated carbocycles. The number of aromatic nitrogens is 1. The zero-order valence-electron chi connectivity index (χ0n) is 15.2. The molecule has 144 valence electrons. The first kappa shape index (κ1) is 20.2. The summed E-state index contributed by atoms with van der Waals surface area (Å²) in [5, 5.41) is 16.6. The first-order chi connectivity index (χ1) is 12.3. The summed E-state index contributed by atoms with van der Waals surface area (Å²) in [6.07, 6.45) is 2.16. The molecule has 8 nitrogen and oxygen atoms in total. The van der Waals surface area contributed by atoms with Gasteiger partial charge in [0.25, 0.3) is 0 Å². The summed E-state index contributed by atoms with van der Waals surface area (Å²) in [5.41, 5.74) is -0.00502. The van der Waals surface area contributed by atoms with Crippen molar-refractivity contribution in [3.8, 4) is 0 Å². The summed E-state index contributed by atoms with van der Waals surface area (Å²) in [4.78, 5) is 40.8. The quantitative estimate of drug-likeness (QED) is 0.667. The van der Waals surface area contributed by atoms with Crippen LogP contribution in [0.1, 0.15) is 48.6 Å². The second kappa shape index (κ2) is 9.51. The van der Waals surface area contributed by atoms with Gasteiger partial charge in [0.15, 0.2) is 5.69 Å². The molecule has 3 N–H and O–H groups in total. The Morgan fingerprint density at radius 2 is 2.15 bits per heavy atom. The maximum atomic E-state index is 12.2. The van der Waals surface area contributed by atoms with Crippen molar-refractivity contribution in [3.05, 3.63) is 16.1 Å². The van der Waals surface area contributed by atoms with Crippen LogP contribution >= 0.6 is 11.3 Å². The molecule has 26 heavy (non-hydrogen) atoms. The number of hydrogen-bond donors (Lipinski definition) is 3. The number of hydrogen-bond acceptors (Lipinski definition) is 5. The average molecular weight is 382 g/mol. The predicted molar refractivity (Wildman–Crippen MR) is 98.1 cm³/mol. The van der Waals surface area contributed by atoms with Crippen molar-refractivity contribution in [3.63, 3.8) is 0 Å². The molecule has 2 heterocycles. The van der Waals surface area contributed by atoms with Gasteiger partial charge < -0.3 is 20.6 Å². The minimum atomic E-state index is -1.07. The fourth-order valence-corrected chi connectivity index (χ4v) is 3.53. The molecule has 0 radical (unpaired) electrons. The molecule has 3 amide bonds. The Kier molecular flexibility index (Phi) is 7.38. The highest BCUT2D eigenvalue weighted by Gasteiger charge is 2.25. The lowest BCUT2D eigenvalue weighted by atomic mass is 9.94. The van der Waals surface area contributed by atoms with Crippen molar-refractivity contribution in [2.45, 2.75) is 39.7 Å². The summed E-state index contributed by atoms with van der Waals surface area (Å²) in [7, 11) is 0. The maximum absolute atomic E-state index is 12.2. The number of thiazole rings is 1. The smallest absolute Gasteiger partial charge is 0.355 e. The first-order valence-electron chi connectivity index (χ1n) is 8.82. The van der Waals surface area contributed by atoms with Gasteiger partial charge in [0, 0.05) is 31.4 Å². The fourth-order valence-electron chi connectivity index (χ4n) is 2.82. The van der Waals surface area contributed by atoms with E-state index in [9.17, 15) is 14.4 Å². The molecule has 0 bridgehead atoms. The highest BCUT2D eigenvalue weighted by Crippen LogP contribution is 2.20. The molecular formula is C17H26N4O4S. The van der Waals surface area contributed by atoms with Crippen molar-refractivity contribution < 1.29 is 19.5 Å². The van der Waals surface area contributed by atoms with Gasteiger partial charge in [0.1, 0.15) is 5.01 Å². The highest BCUT2D eigenvalue weighted by molar-refractivity contribution is 7.09. The summed E-state index contributed by atoms with van der Waals surface area (Å²) < 4.78 is 0. The van der Waals surface area contributed by atoms with E-state index >= 15 is 0 Å². The molecule has 1 aromatic heterocycles. The Morgan fingerprint density at radius 3 is 2.81 bits per heavy atom. The Hall–Kier alpha value is -2.16. The van der Waals surface area contributed by atoms with Crippen LogP contribution in [-0.2, 0) is 11.3 Å². The molecule has 1 fully saturated rings. The van der Waals surface area contributed by atoms with E-state index in [1.165, 1.54) is 16.7 Å². The predicted octanol–water partition coefficient (Wildman–Crippen LogP) is 1.93. The van der Waals surface area contributed by atoms with Gasteiger partial charge in [-0.25, -0.2) is 14.6 Å². The molecule has 1 unspecified atom stereocenters. The van der Waals surface area contributed by atoms with Crippen molar-refractivity contribution in [1.29, 1.82) is 0 Å². The number of nitrogens with one attached hydrogen (secondary N) is 2. The number of nitrogens with zero attached hydrogens (tertiary/aromatic N) is 2. The fraction of sp³-hybridized carbons (Fsp3) is 0.647. The lowest BCUT2D eigenvalue weighted by molar-refractivity contribution is -0.122. The topological polar surface area (TPSA) is 112 Å². The molecule has 0 aliphatic carbocycles. The van der Waals surface area contributed by atoms with E-state index in [1.54, 1.807) is 4.90 Å². The minimum absolute atomic E-state index is 0.00502. The van der Waals surface area contributed by atoms with E-state index in [2.05, 4.69) is 15.6 Å². The van der Waals surface area contributed by atoms with Crippen LogP contribution in [0.4, 0.5) is 4.79 Å². The van der Waals surface area contributed by atoms with E-state index in [0.29, 0.717) is 30.4 Å². The number of carboxylic acids is 1. The van der Waals surface area contributed by atoms with Crippen LogP contribution in [0.15, 0.2) is 5.38 Å². The number of piperidine rings is 1. The van der Waals surface area contributed by atoms with Crippen LogP contribution in [0.2, 0.25) is 0 Å². The molecule has 1 aliphatic rings. The number of carbonyl (C=O) groups is 3. The van der Waals surface area contributed by atoms with Crippen LogP contribution in [-0.4, -0.2) is 52.5 Å². The largest absolute Gasteiger partial charge is 0.476 e. The van der Waals surface area contributed by atoms with Crippen LogP contribution < -0.4 is 10.6 Å². The van der Waals surface area contributed by atoms with Gasteiger partial charge in [-0.2, -0.15) is 0 Å². The van der Waals surface area contributed by atoms with Gasteiger partial charge in [-0.1, -0.05) is 13.8 Å². The van der Waals surface area contributed by atoms with Crippen LogP contribution in [0.25, 0.3) is 0 Å². The highest BCUT2D eigenvalue weighted by atomic mass is 32.1. The summed E-state index contributed by atoms with van der Waals surface area (Å²) in [6, 6.07) is -0.0622. The number of urea groups is 1. The third-order valence-electron chi connectivity index (χ3n) is 4.15. The number of likely N-dealkylation sites (tertiary alicyclic amines) is 1. The van der Waals surface area contributed by atoms with Gasteiger partial charge in [-0.15, -0.1) is 11.3 Å². The molecule has 1 aromatic rings. The number of rotatable bonds is 7. The van der Waals surface area contributed by atoms with Crippen molar-refractivity contribution in [2.24, 2.45) is 11.8 Å². The lowest BCUT2D eigenvalue weighted by Gasteiger charge is -2.32. The number of carbonyl (C=O) groups excluding carboxylic acids is 2. The summed E-state index contributed by atoms with van der Waals surface area (Å²) in [5.74, 6) is -0.638. The van der Waals surface area contributed by atoms with Gasteiger partial charge in [0.2, 0.25) is 5.91 Å². The van der Waals surface area contributed by atoms with Crippen LogP contribution in [0, 0.1) is 11.8 Å². The van der Waals surface area contributed by atoms with Gasteiger partial charge in [-0.05, 0) is 24.7 Å². The Morgan fingerprint density at radius 1 is 1.38 bits per heavy atom. The second-order valence-electron chi connectivity index (χ2n) is 6.95. The minimum Gasteiger partial charge on any atom is -0.476 e. The zero-order chi connectivity index (χ0) is 19.1. The second-order valence-corrected chi connectivity index (χ2v) is 7.89. The number of carboxylic acid groups (broad SMARTS) is 1. The molecule has 1 aliphatic heterocycles. The third kappa shape index (κ3) is 6.29. The van der Waals surface area contributed by atoms with E-state index in [4.69, 9.17) is 5.11 Å². The molecule has 9 heteroatoms. The summed E-state index contributed by atoms with van der Waals surface area (Å²) >= 11 is 1.21. The SMILES string of the molecule is CC(C)CNC(=O)N1CCCC(CC(=O)NCc2nc(C(=O)O)cs2)C1. The van der Waals surface area contributed by atoms with Gasteiger partial charge in [-0.3, -0.25) is 4.79 Å². The molecule has 1 saturated heterocycles. The lowest BCUT2D eigenvalue weighted by Crippen LogP contribution is -2.47. The molecule has 0 spiro atoms. The van der Waals surface area contributed by atoms with Gasteiger partial charge in [0.05, 0.1) is 6.54 Å². The van der Waals surface area contributed by atoms with Crippen molar-refractivity contribution in [1.82, 2.24) is 20.5 Å². The monoisotopic (exact) mass is 382 g/mol. The van der Waals surface area contributed by atoms with Crippen LogP contribution in [0.5, 0.6) is 0 Å². The van der Waals surface area contributed by atoms with E-state index in [0.717, 1.165) is 19.4 Å². The average Bonchev–Trinajstić information content (AvgIpc) is 3.07. The molecule has 0 aromatic carbocycles. The summed E-state index contributed by atoms with van der Waals surface area (Å²) in [6.45, 7) is 6.27. The molecular weight excluding hydrogens is 356 g/mol.